The first kappa shape index (κ1) is 8.01. The van der Waals surface area contributed by atoms with Crippen LogP contribution >= 0.6 is 0 Å². The van der Waals surface area contributed by atoms with Gasteiger partial charge in [0.1, 0.15) is 0 Å². The van der Waals surface area contributed by atoms with Crippen LogP contribution in [0.2, 0.25) is 0 Å². The second kappa shape index (κ2) is 3.10. The summed E-state index contributed by atoms with van der Waals surface area (Å²) in [4.78, 5) is 2.60. The quantitative estimate of drug-likeness (QED) is 0.469. The summed E-state index contributed by atoms with van der Waals surface area (Å²) in [5.41, 5.74) is 0. The predicted octanol–water partition coefficient (Wildman–Crippen LogP) is 1.28. The van der Waals surface area contributed by atoms with Gasteiger partial charge in [0.15, 0.2) is 0 Å². The van der Waals surface area contributed by atoms with Gasteiger partial charge in [-0.15, -0.1) is 0 Å². The molecule has 2 heterocycles. The fourth-order valence-electron chi connectivity index (χ4n) is 2.72. The first-order valence-electron chi connectivity index (χ1n) is 5.41. The zero-order valence-corrected chi connectivity index (χ0v) is 7.98. The van der Waals surface area contributed by atoms with Gasteiger partial charge >= 0.3 is 0 Å². The molecular weight excluding hydrogens is 162 g/mol. The lowest BCUT2D eigenvalue weighted by Crippen LogP contribution is -2.25. The first-order chi connectivity index (χ1) is 6.42. The first-order valence-corrected chi connectivity index (χ1v) is 5.41. The summed E-state index contributed by atoms with van der Waals surface area (Å²) in [5.74, 6) is 1.90. The van der Waals surface area contributed by atoms with Crippen molar-refractivity contribution in [1.82, 2.24) is 4.90 Å². The molecule has 0 aromatic heterocycles. The molecule has 72 valence electrons. The van der Waals surface area contributed by atoms with Crippen molar-refractivity contribution in [3.05, 3.63) is 12.2 Å². The van der Waals surface area contributed by atoms with E-state index < -0.39 is 0 Å². The Balaban J connectivity index is 1.58. The third kappa shape index (κ3) is 1.65. The Labute approximate surface area is 79.6 Å². The monoisotopic (exact) mass is 179 g/mol. The number of rotatable bonds is 2. The summed E-state index contributed by atoms with van der Waals surface area (Å²) in [5, 5.41) is 0. The maximum atomic E-state index is 5.27. The average molecular weight is 179 g/mol. The molecule has 0 N–H and O–H groups in total. The van der Waals surface area contributed by atoms with Gasteiger partial charge < -0.3 is 9.64 Å². The third-order valence-electron chi connectivity index (χ3n) is 3.56. The molecule has 3 unspecified atom stereocenters. The molecular formula is C11H17NO. The van der Waals surface area contributed by atoms with Gasteiger partial charge in [0.25, 0.3) is 0 Å². The Morgan fingerprint density at radius 1 is 1.15 bits per heavy atom. The molecule has 2 nitrogen and oxygen atoms in total. The van der Waals surface area contributed by atoms with Crippen LogP contribution in [0.15, 0.2) is 12.2 Å². The highest BCUT2D eigenvalue weighted by Gasteiger charge is 2.35. The Bertz CT molecular complexity index is 206. The van der Waals surface area contributed by atoms with E-state index in [0.29, 0.717) is 6.10 Å². The number of epoxide rings is 1. The molecule has 2 fully saturated rings. The van der Waals surface area contributed by atoms with Crippen molar-refractivity contribution in [3.8, 4) is 0 Å². The summed E-state index contributed by atoms with van der Waals surface area (Å²) >= 11 is 0. The van der Waals surface area contributed by atoms with E-state index in [-0.39, 0.29) is 0 Å². The highest BCUT2D eigenvalue weighted by atomic mass is 16.6. The lowest BCUT2D eigenvalue weighted by atomic mass is 9.86. The zero-order chi connectivity index (χ0) is 8.67. The fourth-order valence-corrected chi connectivity index (χ4v) is 2.72. The molecule has 0 aromatic carbocycles. The van der Waals surface area contributed by atoms with Gasteiger partial charge in [0.05, 0.1) is 12.7 Å². The molecule has 2 saturated heterocycles. The molecule has 0 radical (unpaired) electrons. The van der Waals surface area contributed by atoms with Crippen LogP contribution in [0, 0.1) is 11.8 Å². The standard InChI is InChI=1S/C11H17NO/c1-2-4-10-6-12(5-9(10)3-1)7-11-8-13-11/h1-2,9-11H,3-8H2. The molecule has 1 aliphatic carbocycles. The topological polar surface area (TPSA) is 15.8 Å². The smallest absolute Gasteiger partial charge is 0.0936 e. The molecule has 0 aromatic rings. The van der Waals surface area contributed by atoms with Crippen LogP contribution in [-0.2, 0) is 4.74 Å². The molecule has 2 heteroatoms. The van der Waals surface area contributed by atoms with Crippen LogP contribution in [-0.4, -0.2) is 37.2 Å². The Hall–Kier alpha value is -0.340. The van der Waals surface area contributed by atoms with Gasteiger partial charge in [-0.05, 0) is 24.7 Å². The summed E-state index contributed by atoms with van der Waals surface area (Å²) in [6.45, 7) is 4.82. The number of ether oxygens (including phenoxy) is 1. The SMILES string of the molecule is C1=CCC2CN(CC3CO3)CC2C1. The zero-order valence-electron chi connectivity index (χ0n) is 7.98. The second-order valence-electron chi connectivity index (χ2n) is 4.64. The number of likely N-dealkylation sites (tertiary alicyclic amines) is 1. The van der Waals surface area contributed by atoms with E-state index >= 15 is 0 Å². The van der Waals surface area contributed by atoms with E-state index in [2.05, 4.69) is 17.1 Å². The minimum atomic E-state index is 0.577. The van der Waals surface area contributed by atoms with Crippen molar-refractivity contribution in [2.75, 3.05) is 26.2 Å². The minimum Gasteiger partial charge on any atom is -0.372 e. The van der Waals surface area contributed by atoms with Gasteiger partial charge in [-0.1, -0.05) is 12.2 Å². The maximum Gasteiger partial charge on any atom is 0.0936 e. The molecule has 3 rings (SSSR count). The molecule has 3 aliphatic rings. The minimum absolute atomic E-state index is 0.577. The highest BCUT2D eigenvalue weighted by molar-refractivity contribution is 4.99. The van der Waals surface area contributed by atoms with Gasteiger partial charge in [-0.25, -0.2) is 0 Å². The van der Waals surface area contributed by atoms with Crippen molar-refractivity contribution in [1.29, 1.82) is 0 Å². The molecule has 3 atom stereocenters. The van der Waals surface area contributed by atoms with Crippen LogP contribution in [0.1, 0.15) is 12.8 Å². The summed E-state index contributed by atoms with van der Waals surface area (Å²) < 4.78 is 5.27. The van der Waals surface area contributed by atoms with E-state index in [0.717, 1.165) is 18.4 Å². The van der Waals surface area contributed by atoms with Crippen LogP contribution < -0.4 is 0 Å². The normalized spacial score (nSPS) is 43.5. The predicted molar refractivity (Wildman–Crippen MR) is 51.5 cm³/mol. The Morgan fingerprint density at radius 2 is 1.77 bits per heavy atom. The van der Waals surface area contributed by atoms with Crippen LogP contribution in [0.25, 0.3) is 0 Å². The lowest BCUT2D eigenvalue weighted by molar-refractivity contribution is 0.275. The van der Waals surface area contributed by atoms with Crippen molar-refractivity contribution >= 4 is 0 Å². The summed E-state index contributed by atoms with van der Waals surface area (Å²) in [7, 11) is 0. The Morgan fingerprint density at radius 3 is 2.31 bits per heavy atom. The van der Waals surface area contributed by atoms with Crippen molar-refractivity contribution < 1.29 is 4.74 Å². The average Bonchev–Trinajstić information content (AvgIpc) is 2.85. The number of allylic oxidation sites excluding steroid dienone is 2. The van der Waals surface area contributed by atoms with Gasteiger partial charge in [0, 0.05) is 19.6 Å². The van der Waals surface area contributed by atoms with E-state index in [1.165, 1.54) is 32.5 Å². The molecule has 2 aliphatic heterocycles. The summed E-state index contributed by atoms with van der Waals surface area (Å²) in [6.07, 6.45) is 7.92. The van der Waals surface area contributed by atoms with Gasteiger partial charge in [0.2, 0.25) is 0 Å². The van der Waals surface area contributed by atoms with Gasteiger partial charge in [-0.2, -0.15) is 0 Å². The van der Waals surface area contributed by atoms with Crippen molar-refractivity contribution in [3.63, 3.8) is 0 Å². The Kier molecular flexibility index (Phi) is 1.91. The highest BCUT2D eigenvalue weighted by Crippen LogP contribution is 2.33. The number of fused-ring (bicyclic) bond motifs is 1. The van der Waals surface area contributed by atoms with Gasteiger partial charge in [-0.3, -0.25) is 0 Å². The number of hydrogen-bond acceptors (Lipinski definition) is 2. The van der Waals surface area contributed by atoms with E-state index in [1.54, 1.807) is 0 Å². The van der Waals surface area contributed by atoms with Crippen molar-refractivity contribution in [2.24, 2.45) is 11.8 Å². The fraction of sp³-hybridized carbons (Fsp3) is 0.818. The second-order valence-corrected chi connectivity index (χ2v) is 4.64. The van der Waals surface area contributed by atoms with E-state index in [4.69, 9.17) is 4.74 Å². The summed E-state index contributed by atoms with van der Waals surface area (Å²) in [6, 6.07) is 0. The number of hydrogen-bond donors (Lipinski definition) is 0. The largest absolute Gasteiger partial charge is 0.372 e. The molecule has 0 saturated carbocycles. The molecule has 0 spiro atoms. The maximum absolute atomic E-state index is 5.27. The van der Waals surface area contributed by atoms with E-state index in [9.17, 15) is 0 Å². The van der Waals surface area contributed by atoms with Crippen LogP contribution in [0.5, 0.6) is 0 Å². The lowest BCUT2D eigenvalue weighted by Gasteiger charge is -2.18. The molecule has 0 amide bonds. The van der Waals surface area contributed by atoms with E-state index in [1.807, 2.05) is 0 Å². The van der Waals surface area contributed by atoms with Crippen LogP contribution in [0.3, 0.4) is 0 Å². The van der Waals surface area contributed by atoms with Crippen LogP contribution in [0.4, 0.5) is 0 Å². The molecule has 0 bridgehead atoms. The van der Waals surface area contributed by atoms with Crippen molar-refractivity contribution in [2.45, 2.75) is 18.9 Å². The molecule has 13 heavy (non-hydrogen) atoms. The number of nitrogens with zero attached hydrogens (tertiary/aromatic N) is 1. The third-order valence-corrected chi connectivity index (χ3v) is 3.56.